The average molecular weight is 138 g/mol. The highest BCUT2D eigenvalue weighted by Gasteiger charge is 2.08. The van der Waals surface area contributed by atoms with E-state index in [2.05, 4.69) is 24.3 Å². The summed E-state index contributed by atoms with van der Waals surface area (Å²) in [6.45, 7) is 6.64. The van der Waals surface area contributed by atoms with Crippen LogP contribution in [0.15, 0.2) is 5.57 Å². The van der Waals surface area contributed by atoms with E-state index in [1.807, 2.05) is 0 Å². The van der Waals surface area contributed by atoms with Gasteiger partial charge in [0, 0.05) is 18.4 Å². The van der Waals surface area contributed by atoms with Gasteiger partial charge in [-0.05, 0) is 20.3 Å². The van der Waals surface area contributed by atoms with Gasteiger partial charge in [0.25, 0.3) is 0 Å². The Balaban J connectivity index is 2.62. The lowest BCUT2D eigenvalue weighted by atomic mass is 10.2. The van der Waals surface area contributed by atoms with Crippen molar-refractivity contribution in [1.82, 2.24) is 0 Å². The number of piperidine rings is 1. The van der Waals surface area contributed by atoms with Crippen molar-refractivity contribution in [2.24, 2.45) is 0 Å². The highest BCUT2D eigenvalue weighted by atomic mass is 15.0. The monoisotopic (exact) mass is 138 g/mol. The third kappa shape index (κ3) is 2.36. The standard InChI is InChI=1S/C9H16N/c1-9(2)8-10-6-4-3-5-7-10/h3-7H2,1-2H3/q+1. The maximum Gasteiger partial charge on any atom is 0.165 e. The minimum absolute atomic E-state index is 1.21. The zero-order valence-electron chi connectivity index (χ0n) is 6.98. The molecule has 0 unspecified atom stereocenters. The first-order chi connectivity index (χ1) is 4.79. The van der Waals surface area contributed by atoms with Gasteiger partial charge in [0.15, 0.2) is 19.0 Å². The van der Waals surface area contributed by atoms with Crippen LogP contribution in [0.2, 0.25) is 0 Å². The summed E-state index contributed by atoms with van der Waals surface area (Å²) in [5.41, 5.74) is 1.29. The molecule has 0 radical (unpaired) electrons. The van der Waals surface area contributed by atoms with Crippen molar-refractivity contribution in [1.29, 1.82) is 0 Å². The Bertz CT molecular complexity index is 161. The van der Waals surface area contributed by atoms with Gasteiger partial charge in [-0.2, -0.15) is 4.58 Å². The highest BCUT2D eigenvalue weighted by molar-refractivity contribution is 5.50. The van der Waals surface area contributed by atoms with Crippen LogP contribution < -0.4 is 0 Å². The first kappa shape index (κ1) is 7.56. The van der Waals surface area contributed by atoms with Crippen molar-refractivity contribution in [3.05, 3.63) is 5.57 Å². The quantitative estimate of drug-likeness (QED) is 0.449. The predicted octanol–water partition coefficient (Wildman–Crippen LogP) is 1.82. The SMILES string of the molecule is CC(C)=C=[N+]1CCCCC1. The van der Waals surface area contributed by atoms with Gasteiger partial charge in [0.1, 0.15) is 0 Å². The molecule has 1 aliphatic rings. The molecular weight excluding hydrogens is 122 g/mol. The van der Waals surface area contributed by atoms with Crippen LogP contribution in [0.4, 0.5) is 0 Å². The van der Waals surface area contributed by atoms with E-state index >= 15 is 0 Å². The topological polar surface area (TPSA) is 3.01 Å². The molecule has 1 heteroatoms. The second-order valence-corrected chi connectivity index (χ2v) is 3.16. The Morgan fingerprint density at radius 3 is 2.20 bits per heavy atom. The fourth-order valence-corrected chi connectivity index (χ4v) is 1.32. The van der Waals surface area contributed by atoms with Crippen LogP contribution in [-0.2, 0) is 0 Å². The fourth-order valence-electron chi connectivity index (χ4n) is 1.32. The molecule has 0 N–H and O–H groups in total. The molecule has 0 spiro atoms. The fraction of sp³-hybridized carbons (Fsp3) is 0.778. The van der Waals surface area contributed by atoms with Crippen LogP contribution in [0.1, 0.15) is 33.1 Å². The summed E-state index contributed by atoms with van der Waals surface area (Å²) in [6, 6.07) is 0. The molecule has 56 valence electrons. The number of hydrogen-bond donors (Lipinski definition) is 0. The van der Waals surface area contributed by atoms with Crippen LogP contribution in [-0.4, -0.2) is 23.5 Å². The minimum atomic E-state index is 1.21. The molecule has 0 amide bonds. The first-order valence-corrected chi connectivity index (χ1v) is 4.11. The maximum atomic E-state index is 3.33. The molecule has 0 bridgehead atoms. The molecular formula is C9H16N+. The van der Waals surface area contributed by atoms with Gasteiger partial charge in [0.05, 0.1) is 0 Å². The minimum Gasteiger partial charge on any atom is -0.188 e. The van der Waals surface area contributed by atoms with E-state index in [-0.39, 0.29) is 0 Å². The van der Waals surface area contributed by atoms with Crippen molar-refractivity contribution in [3.63, 3.8) is 0 Å². The molecule has 0 aromatic carbocycles. The summed E-state index contributed by atoms with van der Waals surface area (Å²) in [4.78, 5) is 0. The molecule has 0 aliphatic carbocycles. The second kappa shape index (κ2) is 3.58. The van der Waals surface area contributed by atoms with Crippen LogP contribution in [0, 0.1) is 0 Å². The van der Waals surface area contributed by atoms with Crippen molar-refractivity contribution in [3.8, 4) is 0 Å². The lowest BCUT2D eigenvalue weighted by Gasteiger charge is -2.05. The summed E-state index contributed by atoms with van der Waals surface area (Å²) in [5, 5.41) is 0. The summed E-state index contributed by atoms with van der Waals surface area (Å²) >= 11 is 0. The lowest BCUT2D eigenvalue weighted by Crippen LogP contribution is -2.19. The average Bonchev–Trinajstić information content (AvgIpc) is 1.88. The number of allylic oxidation sites excluding steroid dienone is 1. The molecule has 0 saturated carbocycles. The molecule has 10 heavy (non-hydrogen) atoms. The molecule has 1 heterocycles. The number of nitrogens with zero attached hydrogens (tertiary/aromatic N) is 1. The number of hydrogen-bond acceptors (Lipinski definition) is 0. The van der Waals surface area contributed by atoms with Crippen molar-refractivity contribution in [2.45, 2.75) is 33.1 Å². The van der Waals surface area contributed by atoms with E-state index in [0.29, 0.717) is 0 Å². The lowest BCUT2D eigenvalue weighted by molar-refractivity contribution is -0.530. The van der Waals surface area contributed by atoms with Gasteiger partial charge < -0.3 is 0 Å². The van der Waals surface area contributed by atoms with Crippen LogP contribution >= 0.6 is 0 Å². The Morgan fingerprint density at radius 2 is 1.70 bits per heavy atom. The van der Waals surface area contributed by atoms with Gasteiger partial charge in [-0.1, -0.05) is 0 Å². The van der Waals surface area contributed by atoms with Crippen molar-refractivity contribution >= 4 is 5.87 Å². The predicted molar refractivity (Wildman–Crippen MR) is 43.7 cm³/mol. The summed E-state index contributed by atoms with van der Waals surface area (Å²) in [7, 11) is 0. The largest absolute Gasteiger partial charge is 0.188 e. The van der Waals surface area contributed by atoms with Gasteiger partial charge in [-0.25, -0.2) is 0 Å². The Labute approximate surface area is 63.1 Å². The molecule has 1 rings (SSSR count). The van der Waals surface area contributed by atoms with Crippen LogP contribution in [0.25, 0.3) is 0 Å². The molecule has 1 saturated heterocycles. The van der Waals surface area contributed by atoms with Gasteiger partial charge in [-0.3, -0.25) is 0 Å². The van der Waals surface area contributed by atoms with E-state index in [4.69, 9.17) is 0 Å². The molecule has 0 aromatic heterocycles. The van der Waals surface area contributed by atoms with E-state index in [9.17, 15) is 0 Å². The second-order valence-electron chi connectivity index (χ2n) is 3.16. The van der Waals surface area contributed by atoms with E-state index in [1.165, 1.54) is 37.9 Å². The summed E-state index contributed by atoms with van der Waals surface area (Å²) in [6.07, 6.45) is 4.10. The van der Waals surface area contributed by atoms with Crippen molar-refractivity contribution in [2.75, 3.05) is 13.1 Å². The van der Waals surface area contributed by atoms with Gasteiger partial charge in [0.2, 0.25) is 0 Å². The number of rotatable bonds is 0. The van der Waals surface area contributed by atoms with E-state index in [1.54, 1.807) is 0 Å². The smallest absolute Gasteiger partial charge is 0.165 e. The third-order valence-electron chi connectivity index (χ3n) is 1.74. The molecule has 1 aliphatic heterocycles. The first-order valence-electron chi connectivity index (χ1n) is 4.11. The van der Waals surface area contributed by atoms with E-state index < -0.39 is 0 Å². The Morgan fingerprint density at radius 1 is 1.10 bits per heavy atom. The Hall–Kier alpha value is -0.550. The molecule has 1 fully saturated rings. The normalized spacial score (nSPS) is 18.4. The van der Waals surface area contributed by atoms with E-state index in [0.717, 1.165) is 0 Å². The summed E-state index contributed by atoms with van der Waals surface area (Å²) < 4.78 is 2.30. The molecule has 1 nitrogen and oxygen atoms in total. The van der Waals surface area contributed by atoms with Gasteiger partial charge in [-0.15, -0.1) is 0 Å². The summed E-state index contributed by atoms with van der Waals surface area (Å²) in [5.74, 6) is 3.33. The Kier molecular flexibility index (Phi) is 2.70. The highest BCUT2D eigenvalue weighted by Crippen LogP contribution is 2.02. The van der Waals surface area contributed by atoms with Crippen LogP contribution in [0.5, 0.6) is 0 Å². The zero-order valence-corrected chi connectivity index (χ0v) is 6.98. The maximum absolute atomic E-state index is 3.33. The third-order valence-corrected chi connectivity index (χ3v) is 1.74. The molecule has 0 aromatic rings. The van der Waals surface area contributed by atoms with Crippen LogP contribution in [0.3, 0.4) is 0 Å². The zero-order chi connectivity index (χ0) is 7.40. The van der Waals surface area contributed by atoms with Gasteiger partial charge >= 0.3 is 0 Å². The molecule has 0 atom stereocenters. The van der Waals surface area contributed by atoms with Crippen molar-refractivity contribution < 1.29 is 4.58 Å².